The average Bonchev–Trinajstić information content (AvgIpc) is 3.06. The summed E-state index contributed by atoms with van der Waals surface area (Å²) in [6.45, 7) is 3.91. The van der Waals surface area contributed by atoms with E-state index in [-0.39, 0.29) is 17.5 Å². The lowest BCUT2D eigenvalue weighted by molar-refractivity contribution is -0.145. The predicted molar refractivity (Wildman–Crippen MR) is 134 cm³/mol. The van der Waals surface area contributed by atoms with E-state index >= 15 is 0 Å². The highest BCUT2D eigenvalue weighted by Crippen LogP contribution is 2.34. The zero-order valence-electron chi connectivity index (χ0n) is 18.3. The summed E-state index contributed by atoms with van der Waals surface area (Å²) in [6, 6.07) is 11.3. The molecular formula is C23H21ClN2O6S2. The van der Waals surface area contributed by atoms with Crippen molar-refractivity contribution in [2.75, 3.05) is 19.8 Å². The van der Waals surface area contributed by atoms with Crippen LogP contribution in [0, 0.1) is 0 Å². The maximum absolute atomic E-state index is 12.9. The van der Waals surface area contributed by atoms with Crippen molar-refractivity contribution in [1.29, 1.82) is 0 Å². The Morgan fingerprint density at radius 3 is 2.50 bits per heavy atom. The van der Waals surface area contributed by atoms with Crippen LogP contribution in [0.5, 0.6) is 11.5 Å². The lowest BCUT2D eigenvalue weighted by Crippen LogP contribution is -2.44. The molecule has 1 N–H and O–H groups in total. The summed E-state index contributed by atoms with van der Waals surface area (Å²) in [4.78, 5) is 37.2. The molecule has 11 heteroatoms. The van der Waals surface area contributed by atoms with Crippen LogP contribution in [0.15, 0.2) is 47.4 Å². The third kappa shape index (κ3) is 6.49. The molecule has 1 aliphatic heterocycles. The quantitative estimate of drug-likeness (QED) is 0.298. The minimum absolute atomic E-state index is 0.193. The number of rotatable bonds is 9. The summed E-state index contributed by atoms with van der Waals surface area (Å²) in [5, 5.41) is 1.53. The molecule has 2 aromatic rings. The lowest BCUT2D eigenvalue weighted by Gasteiger charge is -2.15. The SMILES string of the molecule is CCOC(=O)COc1ccc(/C=C2\SC(=S)N(NC(=O)c3ccc(Cl)cc3)C2=O)cc1OCC. The highest BCUT2D eigenvalue weighted by molar-refractivity contribution is 8.26. The number of ether oxygens (including phenoxy) is 3. The fourth-order valence-electron chi connectivity index (χ4n) is 2.82. The highest BCUT2D eigenvalue weighted by atomic mass is 35.5. The molecule has 8 nitrogen and oxygen atoms in total. The molecule has 0 aromatic heterocycles. The van der Waals surface area contributed by atoms with Gasteiger partial charge in [0.05, 0.1) is 18.1 Å². The number of carbonyl (C=O) groups is 3. The third-order valence-corrected chi connectivity index (χ3v) is 5.88. The van der Waals surface area contributed by atoms with Gasteiger partial charge in [-0.25, -0.2) is 4.79 Å². The molecule has 2 amide bonds. The van der Waals surface area contributed by atoms with Crippen molar-refractivity contribution in [3.8, 4) is 11.5 Å². The van der Waals surface area contributed by atoms with Gasteiger partial charge in [0.2, 0.25) is 0 Å². The Morgan fingerprint density at radius 2 is 1.82 bits per heavy atom. The number of benzene rings is 2. The predicted octanol–water partition coefficient (Wildman–Crippen LogP) is 4.23. The molecule has 0 aliphatic carbocycles. The summed E-state index contributed by atoms with van der Waals surface area (Å²) in [5.74, 6) is -0.658. The van der Waals surface area contributed by atoms with Crippen molar-refractivity contribution < 1.29 is 28.6 Å². The number of nitrogens with zero attached hydrogens (tertiary/aromatic N) is 1. The number of carbonyl (C=O) groups excluding carboxylic acids is 3. The lowest BCUT2D eigenvalue weighted by atomic mass is 10.2. The summed E-state index contributed by atoms with van der Waals surface area (Å²) >= 11 is 12.2. The van der Waals surface area contributed by atoms with E-state index in [9.17, 15) is 14.4 Å². The minimum Gasteiger partial charge on any atom is -0.490 e. The number of nitrogens with one attached hydrogen (secondary N) is 1. The Morgan fingerprint density at radius 1 is 1.09 bits per heavy atom. The van der Waals surface area contributed by atoms with Gasteiger partial charge in [-0.15, -0.1) is 0 Å². The molecule has 1 aliphatic rings. The zero-order valence-corrected chi connectivity index (χ0v) is 20.7. The Kier molecular flexibility index (Phi) is 8.91. The number of amides is 2. The molecule has 1 fully saturated rings. The van der Waals surface area contributed by atoms with Gasteiger partial charge in [0.1, 0.15) is 0 Å². The highest BCUT2D eigenvalue weighted by Gasteiger charge is 2.33. The standard InChI is InChI=1S/C23H21ClN2O6S2/c1-3-30-18-11-14(5-10-17(18)32-13-20(27)31-4-2)12-19-22(29)26(23(33)34-19)25-21(28)15-6-8-16(24)9-7-15/h5-12H,3-4,13H2,1-2H3,(H,25,28)/b19-12-. The molecular weight excluding hydrogens is 500 g/mol. The first kappa shape index (κ1) is 25.5. The number of hydrogen-bond acceptors (Lipinski definition) is 8. The molecule has 1 heterocycles. The monoisotopic (exact) mass is 520 g/mol. The number of thioether (sulfide) groups is 1. The van der Waals surface area contributed by atoms with Crippen molar-refractivity contribution in [2.24, 2.45) is 0 Å². The molecule has 0 saturated carbocycles. The van der Waals surface area contributed by atoms with Crippen molar-refractivity contribution in [1.82, 2.24) is 10.4 Å². The molecule has 1 saturated heterocycles. The summed E-state index contributed by atoms with van der Waals surface area (Å²) in [5.41, 5.74) is 3.50. The van der Waals surface area contributed by atoms with Crippen LogP contribution in [0.1, 0.15) is 29.8 Å². The van der Waals surface area contributed by atoms with Crippen molar-refractivity contribution in [2.45, 2.75) is 13.8 Å². The van der Waals surface area contributed by atoms with Gasteiger partial charge in [-0.05, 0) is 74.1 Å². The van der Waals surface area contributed by atoms with Gasteiger partial charge in [0.15, 0.2) is 22.4 Å². The number of halogens is 1. The molecule has 0 atom stereocenters. The van der Waals surface area contributed by atoms with E-state index in [0.29, 0.717) is 39.2 Å². The van der Waals surface area contributed by atoms with Crippen molar-refractivity contribution >= 4 is 63.8 Å². The van der Waals surface area contributed by atoms with Gasteiger partial charge in [-0.2, -0.15) is 5.01 Å². The zero-order chi connectivity index (χ0) is 24.7. The van der Waals surface area contributed by atoms with Gasteiger partial charge < -0.3 is 14.2 Å². The van der Waals surface area contributed by atoms with Crippen LogP contribution in [0.3, 0.4) is 0 Å². The van der Waals surface area contributed by atoms with E-state index in [1.165, 1.54) is 0 Å². The first-order chi connectivity index (χ1) is 16.3. The van der Waals surface area contributed by atoms with Crippen molar-refractivity contribution in [3.05, 3.63) is 63.5 Å². The second-order valence-electron chi connectivity index (χ2n) is 6.70. The van der Waals surface area contributed by atoms with Crippen LogP contribution >= 0.6 is 35.6 Å². The fourth-order valence-corrected chi connectivity index (χ4v) is 4.13. The van der Waals surface area contributed by atoms with E-state index in [1.807, 2.05) is 6.92 Å². The Balaban J connectivity index is 1.74. The van der Waals surface area contributed by atoms with Crippen LogP contribution < -0.4 is 14.9 Å². The largest absolute Gasteiger partial charge is 0.490 e. The van der Waals surface area contributed by atoms with Crippen LogP contribution in [0.2, 0.25) is 5.02 Å². The molecule has 0 spiro atoms. The first-order valence-electron chi connectivity index (χ1n) is 10.2. The summed E-state index contributed by atoms with van der Waals surface area (Å²) in [6.07, 6.45) is 1.63. The second kappa shape index (κ2) is 11.9. The number of hydrazine groups is 1. The average molecular weight is 521 g/mol. The molecule has 0 unspecified atom stereocenters. The van der Waals surface area contributed by atoms with Gasteiger partial charge in [0, 0.05) is 10.6 Å². The normalized spacial score (nSPS) is 14.3. The number of thiocarbonyl (C=S) groups is 1. The van der Waals surface area contributed by atoms with Crippen LogP contribution in [0.25, 0.3) is 6.08 Å². The second-order valence-corrected chi connectivity index (χ2v) is 8.81. The summed E-state index contributed by atoms with van der Waals surface area (Å²) < 4.78 is 16.2. The Labute approximate surface area is 211 Å². The third-order valence-electron chi connectivity index (χ3n) is 4.33. The fraction of sp³-hybridized carbons (Fsp3) is 0.217. The van der Waals surface area contributed by atoms with Gasteiger partial charge in [-0.3, -0.25) is 15.0 Å². The van der Waals surface area contributed by atoms with Gasteiger partial charge in [0.25, 0.3) is 11.8 Å². The molecule has 34 heavy (non-hydrogen) atoms. The minimum atomic E-state index is -0.490. The van der Waals surface area contributed by atoms with E-state index in [1.54, 1.807) is 55.5 Å². The molecule has 0 radical (unpaired) electrons. The van der Waals surface area contributed by atoms with Crippen molar-refractivity contribution in [3.63, 3.8) is 0 Å². The number of esters is 1. The van der Waals surface area contributed by atoms with Gasteiger partial charge in [-0.1, -0.05) is 29.4 Å². The Hall–Kier alpha value is -3.08. The molecule has 2 aromatic carbocycles. The van der Waals surface area contributed by atoms with Crippen LogP contribution in [-0.4, -0.2) is 46.9 Å². The van der Waals surface area contributed by atoms with E-state index in [0.717, 1.165) is 16.8 Å². The maximum atomic E-state index is 12.9. The smallest absolute Gasteiger partial charge is 0.344 e. The molecule has 178 valence electrons. The number of hydrogen-bond donors (Lipinski definition) is 1. The first-order valence-corrected chi connectivity index (χ1v) is 11.8. The van der Waals surface area contributed by atoms with E-state index < -0.39 is 17.8 Å². The van der Waals surface area contributed by atoms with Crippen LogP contribution in [0.4, 0.5) is 0 Å². The topological polar surface area (TPSA) is 94.2 Å². The molecule has 3 rings (SSSR count). The summed E-state index contributed by atoms with van der Waals surface area (Å²) in [7, 11) is 0. The Bertz CT molecular complexity index is 1140. The van der Waals surface area contributed by atoms with Crippen LogP contribution in [-0.2, 0) is 14.3 Å². The van der Waals surface area contributed by atoms with E-state index in [4.69, 9.17) is 38.0 Å². The van der Waals surface area contributed by atoms with Gasteiger partial charge >= 0.3 is 5.97 Å². The maximum Gasteiger partial charge on any atom is 0.344 e. The van der Waals surface area contributed by atoms with E-state index in [2.05, 4.69) is 5.43 Å². The molecule has 0 bridgehead atoms.